The van der Waals surface area contributed by atoms with Crippen molar-refractivity contribution in [2.45, 2.75) is 18.0 Å². The Labute approximate surface area is 230 Å². The molecule has 3 aromatic carbocycles. The molecular weight excluding hydrogens is 584 g/mol. The number of hydrogen-bond acceptors (Lipinski definition) is 6. The van der Waals surface area contributed by atoms with E-state index in [-0.39, 0.29) is 24.5 Å². The van der Waals surface area contributed by atoms with Gasteiger partial charge in [0.05, 0.1) is 32.8 Å². The summed E-state index contributed by atoms with van der Waals surface area (Å²) in [5.74, 6) is 0.947. The number of sulfonamides is 1. The molecule has 0 unspecified atom stereocenters. The van der Waals surface area contributed by atoms with Crippen LogP contribution >= 0.6 is 27.5 Å². The number of rotatable bonds is 11. The summed E-state index contributed by atoms with van der Waals surface area (Å²) in [5.41, 5.74) is 1.31. The first-order chi connectivity index (χ1) is 17.6. The van der Waals surface area contributed by atoms with E-state index in [0.29, 0.717) is 27.8 Å². The van der Waals surface area contributed by atoms with Gasteiger partial charge in [-0.2, -0.15) is 4.31 Å². The van der Waals surface area contributed by atoms with Crippen LogP contribution in [-0.2, 0) is 27.9 Å². The van der Waals surface area contributed by atoms with E-state index in [1.807, 2.05) is 0 Å². The lowest BCUT2D eigenvalue weighted by Gasteiger charge is -2.26. The Morgan fingerprint density at radius 2 is 1.51 bits per heavy atom. The zero-order valence-electron chi connectivity index (χ0n) is 20.9. The Morgan fingerprint density at radius 1 is 0.919 bits per heavy atom. The molecule has 0 aliphatic rings. The first-order valence-electron chi connectivity index (χ1n) is 11.1. The zero-order chi connectivity index (χ0) is 27.2. The molecule has 0 fully saturated rings. The average Bonchev–Trinajstić information content (AvgIpc) is 2.88. The van der Waals surface area contributed by atoms with Gasteiger partial charge in [0.25, 0.3) is 0 Å². The van der Waals surface area contributed by atoms with E-state index < -0.39 is 15.9 Å². The van der Waals surface area contributed by atoms with E-state index in [1.54, 1.807) is 55.6 Å². The van der Waals surface area contributed by atoms with Crippen LogP contribution in [0.25, 0.3) is 0 Å². The third-order valence-corrected chi connectivity index (χ3v) is 8.34. The number of methoxy groups -OCH3 is 3. The van der Waals surface area contributed by atoms with Crippen LogP contribution < -0.4 is 14.2 Å². The summed E-state index contributed by atoms with van der Waals surface area (Å²) in [6.45, 7) is -0.264. The van der Waals surface area contributed by atoms with E-state index in [4.69, 9.17) is 25.8 Å². The molecule has 0 bridgehead atoms. The van der Waals surface area contributed by atoms with Crippen molar-refractivity contribution in [1.29, 1.82) is 0 Å². The third kappa shape index (κ3) is 6.95. The second-order valence-corrected chi connectivity index (χ2v) is 11.4. The monoisotopic (exact) mass is 610 g/mol. The van der Waals surface area contributed by atoms with Gasteiger partial charge in [0, 0.05) is 29.6 Å². The molecule has 0 saturated carbocycles. The summed E-state index contributed by atoms with van der Waals surface area (Å²) >= 11 is 9.64. The second kappa shape index (κ2) is 12.6. The quantitative estimate of drug-likeness (QED) is 0.304. The molecule has 8 nitrogen and oxygen atoms in total. The summed E-state index contributed by atoms with van der Waals surface area (Å²) in [6.07, 6.45) is 0. The van der Waals surface area contributed by atoms with Crippen LogP contribution in [0.1, 0.15) is 11.1 Å². The highest BCUT2D eigenvalue weighted by Gasteiger charge is 2.29. The maximum Gasteiger partial charge on any atom is 0.243 e. The number of hydrogen-bond donors (Lipinski definition) is 0. The lowest BCUT2D eigenvalue weighted by molar-refractivity contribution is -0.130. The molecule has 0 saturated heterocycles. The van der Waals surface area contributed by atoms with Crippen molar-refractivity contribution < 1.29 is 27.4 Å². The van der Waals surface area contributed by atoms with Gasteiger partial charge in [-0.1, -0.05) is 45.7 Å². The third-order valence-electron chi connectivity index (χ3n) is 5.64. The van der Waals surface area contributed by atoms with Crippen LogP contribution in [0.3, 0.4) is 0 Å². The summed E-state index contributed by atoms with van der Waals surface area (Å²) in [7, 11) is 2.12. The SMILES string of the molecule is COc1cc(CN(C)C(=O)CN(Cc2ccccc2Cl)S(=O)(=O)c2ccc(Br)cc2)cc(OC)c1OC. The number of likely N-dealkylation sites (N-methyl/N-ethyl adjacent to an activating group) is 1. The molecule has 0 radical (unpaired) electrons. The first kappa shape index (κ1) is 28.8. The zero-order valence-corrected chi connectivity index (χ0v) is 24.1. The van der Waals surface area contributed by atoms with E-state index in [1.165, 1.54) is 38.4 Å². The Hall–Kier alpha value is -2.79. The van der Waals surface area contributed by atoms with Gasteiger partial charge < -0.3 is 19.1 Å². The standard InChI is InChI=1S/C26H28BrClN2O6S/c1-29(15-18-13-23(34-2)26(36-4)24(14-18)35-3)25(31)17-30(16-19-7-5-6-8-22(19)28)37(32,33)21-11-9-20(27)10-12-21/h5-14H,15-17H2,1-4H3. The summed E-state index contributed by atoms with van der Waals surface area (Å²) in [6, 6.07) is 16.7. The molecule has 0 aromatic heterocycles. The molecule has 3 rings (SSSR count). The highest BCUT2D eigenvalue weighted by molar-refractivity contribution is 9.10. The number of carbonyl (C=O) groups excluding carboxylic acids is 1. The fourth-order valence-corrected chi connectivity index (χ4v) is 5.49. The van der Waals surface area contributed by atoms with Gasteiger partial charge in [-0.3, -0.25) is 4.79 Å². The van der Waals surface area contributed by atoms with Crippen LogP contribution in [0.4, 0.5) is 0 Å². The maximum atomic E-state index is 13.6. The Kier molecular flexibility index (Phi) is 9.83. The van der Waals surface area contributed by atoms with E-state index in [9.17, 15) is 13.2 Å². The lowest BCUT2D eigenvalue weighted by Crippen LogP contribution is -2.41. The van der Waals surface area contributed by atoms with Crippen molar-refractivity contribution >= 4 is 43.5 Å². The van der Waals surface area contributed by atoms with Crippen molar-refractivity contribution in [2.24, 2.45) is 0 Å². The van der Waals surface area contributed by atoms with Gasteiger partial charge in [-0.25, -0.2) is 8.42 Å². The fraction of sp³-hybridized carbons (Fsp3) is 0.269. The minimum absolute atomic E-state index is 0.0676. The number of ether oxygens (including phenoxy) is 3. The normalized spacial score (nSPS) is 11.3. The molecule has 1 amide bonds. The first-order valence-corrected chi connectivity index (χ1v) is 13.7. The number of nitrogens with zero attached hydrogens (tertiary/aromatic N) is 2. The topological polar surface area (TPSA) is 85.4 Å². The molecule has 0 spiro atoms. The van der Waals surface area contributed by atoms with Crippen molar-refractivity contribution in [3.8, 4) is 17.2 Å². The van der Waals surface area contributed by atoms with Crippen LogP contribution in [0.5, 0.6) is 17.2 Å². The fourth-order valence-electron chi connectivity index (χ4n) is 3.66. The number of benzene rings is 3. The number of amides is 1. The largest absolute Gasteiger partial charge is 0.493 e. The van der Waals surface area contributed by atoms with E-state index in [0.717, 1.165) is 14.3 Å². The van der Waals surface area contributed by atoms with Crippen molar-refractivity contribution in [1.82, 2.24) is 9.21 Å². The second-order valence-electron chi connectivity index (χ2n) is 8.10. The van der Waals surface area contributed by atoms with Crippen molar-refractivity contribution in [3.63, 3.8) is 0 Å². The average molecular weight is 612 g/mol. The van der Waals surface area contributed by atoms with Crippen LogP contribution in [0, 0.1) is 0 Å². The molecule has 11 heteroatoms. The molecule has 3 aromatic rings. The van der Waals surface area contributed by atoms with E-state index in [2.05, 4.69) is 15.9 Å². The van der Waals surface area contributed by atoms with Crippen LogP contribution in [0.15, 0.2) is 70.0 Å². The molecule has 0 heterocycles. The minimum Gasteiger partial charge on any atom is -0.493 e. The summed E-state index contributed by atoms with van der Waals surface area (Å²) in [5, 5.41) is 0.414. The highest BCUT2D eigenvalue weighted by Crippen LogP contribution is 2.38. The van der Waals surface area contributed by atoms with Crippen LogP contribution in [0.2, 0.25) is 5.02 Å². The molecule has 37 heavy (non-hydrogen) atoms. The van der Waals surface area contributed by atoms with Crippen LogP contribution in [-0.4, -0.2) is 58.5 Å². The number of carbonyl (C=O) groups is 1. The van der Waals surface area contributed by atoms with Gasteiger partial charge in [-0.05, 0) is 53.6 Å². The number of halogens is 2. The Bertz CT molecular complexity index is 1330. The smallest absolute Gasteiger partial charge is 0.243 e. The maximum absolute atomic E-state index is 13.6. The van der Waals surface area contributed by atoms with Crippen molar-refractivity contribution in [2.75, 3.05) is 34.9 Å². The Morgan fingerprint density at radius 3 is 2.05 bits per heavy atom. The predicted octanol–water partition coefficient (Wildman–Crippen LogP) is 4.98. The predicted molar refractivity (Wildman–Crippen MR) is 146 cm³/mol. The summed E-state index contributed by atoms with van der Waals surface area (Å²) < 4.78 is 45.1. The molecule has 0 atom stereocenters. The molecular formula is C26H28BrClN2O6S. The molecule has 0 N–H and O–H groups in total. The molecule has 198 valence electrons. The summed E-state index contributed by atoms with van der Waals surface area (Å²) in [4.78, 5) is 14.8. The van der Waals surface area contributed by atoms with Gasteiger partial charge >= 0.3 is 0 Å². The van der Waals surface area contributed by atoms with Crippen molar-refractivity contribution in [3.05, 3.63) is 81.3 Å². The van der Waals surface area contributed by atoms with Gasteiger partial charge in [-0.15, -0.1) is 0 Å². The van der Waals surface area contributed by atoms with Gasteiger partial charge in [0.2, 0.25) is 21.7 Å². The van der Waals surface area contributed by atoms with Gasteiger partial charge in [0.15, 0.2) is 11.5 Å². The lowest BCUT2D eigenvalue weighted by atomic mass is 10.1. The van der Waals surface area contributed by atoms with E-state index >= 15 is 0 Å². The molecule has 0 aliphatic carbocycles. The highest BCUT2D eigenvalue weighted by atomic mass is 79.9. The Balaban J connectivity index is 1.88. The van der Waals surface area contributed by atoms with Gasteiger partial charge in [0.1, 0.15) is 0 Å². The minimum atomic E-state index is -4.01. The molecule has 0 aliphatic heterocycles.